The van der Waals surface area contributed by atoms with Crippen LogP contribution in [0.1, 0.15) is 32.1 Å². The molecule has 3 nitrogen and oxygen atoms in total. The van der Waals surface area contributed by atoms with Crippen molar-refractivity contribution in [2.45, 2.75) is 38.1 Å². The quantitative estimate of drug-likeness (QED) is 0.396. The predicted molar refractivity (Wildman–Crippen MR) is 63.0 cm³/mol. The predicted octanol–water partition coefficient (Wildman–Crippen LogP) is 2.72. The molecule has 4 N–H and O–H groups in total. The van der Waals surface area contributed by atoms with E-state index in [0.29, 0.717) is 11.7 Å². The Hall–Kier alpha value is -1.38. The van der Waals surface area contributed by atoms with E-state index < -0.39 is 0 Å². The summed E-state index contributed by atoms with van der Waals surface area (Å²) in [6, 6.07) is 5.64. The van der Waals surface area contributed by atoms with Gasteiger partial charge in [-0.05, 0) is 31.0 Å². The molecule has 0 radical (unpaired) electrons. The Morgan fingerprint density at radius 2 is 1.93 bits per heavy atom. The van der Waals surface area contributed by atoms with Crippen molar-refractivity contribution in [1.29, 1.82) is 0 Å². The highest BCUT2D eigenvalue weighted by atomic mass is 16.3. The zero-order chi connectivity index (χ0) is 10.7. The Bertz CT molecular complexity index is 332. The van der Waals surface area contributed by atoms with Crippen LogP contribution in [0.4, 0.5) is 11.4 Å². The van der Waals surface area contributed by atoms with Gasteiger partial charge in [-0.2, -0.15) is 0 Å². The minimum absolute atomic E-state index is 0.287. The number of anilines is 2. The molecule has 15 heavy (non-hydrogen) atoms. The molecular formula is C12H18N2O. The molecule has 2 rings (SSSR count). The highest BCUT2D eigenvalue weighted by Gasteiger charge is 2.14. The molecule has 1 aromatic rings. The van der Waals surface area contributed by atoms with Gasteiger partial charge in [-0.3, -0.25) is 0 Å². The van der Waals surface area contributed by atoms with Crippen molar-refractivity contribution in [2.24, 2.45) is 0 Å². The van der Waals surface area contributed by atoms with Gasteiger partial charge in [-0.15, -0.1) is 0 Å². The highest BCUT2D eigenvalue weighted by Crippen LogP contribution is 2.29. The zero-order valence-electron chi connectivity index (χ0n) is 8.87. The summed E-state index contributed by atoms with van der Waals surface area (Å²) in [5, 5.41) is 13.0. The summed E-state index contributed by atoms with van der Waals surface area (Å²) < 4.78 is 0. The summed E-state index contributed by atoms with van der Waals surface area (Å²) >= 11 is 0. The van der Waals surface area contributed by atoms with Gasteiger partial charge in [0.25, 0.3) is 0 Å². The summed E-state index contributed by atoms with van der Waals surface area (Å²) in [7, 11) is 0. The van der Waals surface area contributed by atoms with Crippen LogP contribution in [0, 0.1) is 0 Å². The van der Waals surface area contributed by atoms with Gasteiger partial charge in [0.2, 0.25) is 0 Å². The maximum atomic E-state index is 9.65. The lowest BCUT2D eigenvalue weighted by Gasteiger charge is -2.24. The van der Waals surface area contributed by atoms with Gasteiger partial charge in [-0.1, -0.05) is 19.3 Å². The molecule has 1 saturated carbocycles. The summed E-state index contributed by atoms with van der Waals surface area (Å²) in [4.78, 5) is 0. The Balaban J connectivity index is 2.05. The second-order valence-electron chi connectivity index (χ2n) is 4.26. The van der Waals surface area contributed by atoms with Crippen LogP contribution >= 0.6 is 0 Å². The SMILES string of the molecule is Nc1ccc(O)c(NC2CCCCC2)c1. The lowest BCUT2D eigenvalue weighted by Crippen LogP contribution is -2.22. The molecule has 0 atom stereocenters. The van der Waals surface area contributed by atoms with Gasteiger partial charge < -0.3 is 16.2 Å². The van der Waals surface area contributed by atoms with Crippen LogP contribution in [-0.4, -0.2) is 11.1 Å². The van der Waals surface area contributed by atoms with Crippen molar-refractivity contribution in [3.8, 4) is 5.75 Å². The first-order valence-electron chi connectivity index (χ1n) is 5.61. The fraction of sp³-hybridized carbons (Fsp3) is 0.500. The first kappa shape index (κ1) is 10.1. The molecule has 0 bridgehead atoms. The molecule has 0 spiro atoms. The van der Waals surface area contributed by atoms with Crippen molar-refractivity contribution < 1.29 is 5.11 Å². The number of benzene rings is 1. The smallest absolute Gasteiger partial charge is 0.138 e. The van der Waals surface area contributed by atoms with E-state index in [2.05, 4.69) is 5.32 Å². The van der Waals surface area contributed by atoms with Gasteiger partial charge >= 0.3 is 0 Å². The van der Waals surface area contributed by atoms with Crippen LogP contribution in [-0.2, 0) is 0 Å². The van der Waals surface area contributed by atoms with Crippen molar-refractivity contribution in [3.05, 3.63) is 18.2 Å². The van der Waals surface area contributed by atoms with Crippen LogP contribution in [0.5, 0.6) is 5.75 Å². The molecular weight excluding hydrogens is 188 g/mol. The van der Waals surface area contributed by atoms with Crippen molar-refractivity contribution in [1.82, 2.24) is 0 Å². The standard InChI is InChI=1S/C12H18N2O/c13-9-6-7-12(15)11(8-9)14-10-4-2-1-3-5-10/h6-8,10,14-15H,1-5,13H2. The summed E-state index contributed by atoms with van der Waals surface area (Å²) in [6.45, 7) is 0. The van der Waals surface area contributed by atoms with Crippen molar-refractivity contribution >= 4 is 11.4 Å². The van der Waals surface area contributed by atoms with Gasteiger partial charge in [-0.25, -0.2) is 0 Å². The van der Waals surface area contributed by atoms with Crippen LogP contribution in [0.3, 0.4) is 0 Å². The number of phenols is 1. The van der Waals surface area contributed by atoms with Crippen LogP contribution in [0.2, 0.25) is 0 Å². The number of aromatic hydroxyl groups is 1. The van der Waals surface area contributed by atoms with E-state index in [1.165, 1.54) is 32.1 Å². The molecule has 82 valence electrons. The number of nitrogens with one attached hydrogen (secondary N) is 1. The molecule has 1 aromatic carbocycles. The zero-order valence-corrected chi connectivity index (χ0v) is 8.87. The third-order valence-corrected chi connectivity index (χ3v) is 2.99. The van der Waals surface area contributed by atoms with Gasteiger partial charge in [0.15, 0.2) is 0 Å². The van der Waals surface area contributed by atoms with Crippen LogP contribution in [0.15, 0.2) is 18.2 Å². The molecule has 1 fully saturated rings. The minimum Gasteiger partial charge on any atom is -0.506 e. The van der Waals surface area contributed by atoms with Gasteiger partial charge in [0, 0.05) is 11.7 Å². The number of hydrogen-bond acceptors (Lipinski definition) is 3. The maximum Gasteiger partial charge on any atom is 0.138 e. The molecule has 3 heteroatoms. The third-order valence-electron chi connectivity index (χ3n) is 2.99. The molecule has 0 amide bonds. The van der Waals surface area contributed by atoms with Crippen molar-refractivity contribution in [2.75, 3.05) is 11.1 Å². The van der Waals surface area contributed by atoms with E-state index >= 15 is 0 Å². The topological polar surface area (TPSA) is 58.3 Å². The van der Waals surface area contributed by atoms with E-state index in [4.69, 9.17) is 5.73 Å². The molecule has 0 saturated heterocycles. The normalized spacial score (nSPS) is 17.6. The number of rotatable bonds is 2. The fourth-order valence-corrected chi connectivity index (χ4v) is 2.14. The van der Waals surface area contributed by atoms with Gasteiger partial charge in [0.05, 0.1) is 5.69 Å². The number of nitrogen functional groups attached to an aromatic ring is 1. The maximum absolute atomic E-state index is 9.65. The molecule has 0 aliphatic heterocycles. The average Bonchev–Trinajstić information content (AvgIpc) is 2.25. The van der Waals surface area contributed by atoms with E-state index in [1.807, 2.05) is 0 Å². The molecule has 1 aliphatic rings. The largest absolute Gasteiger partial charge is 0.506 e. The second kappa shape index (κ2) is 4.43. The Kier molecular flexibility index (Phi) is 2.99. The van der Waals surface area contributed by atoms with E-state index in [9.17, 15) is 5.11 Å². The Labute approximate surface area is 90.3 Å². The average molecular weight is 206 g/mol. The van der Waals surface area contributed by atoms with Crippen molar-refractivity contribution in [3.63, 3.8) is 0 Å². The summed E-state index contributed by atoms with van der Waals surface area (Å²) in [5.74, 6) is 0.287. The molecule has 0 unspecified atom stereocenters. The number of hydrogen-bond donors (Lipinski definition) is 3. The highest BCUT2D eigenvalue weighted by molar-refractivity contribution is 5.63. The molecule has 0 aromatic heterocycles. The monoisotopic (exact) mass is 206 g/mol. The first-order chi connectivity index (χ1) is 7.25. The number of phenolic OH excluding ortho intramolecular Hbond substituents is 1. The lowest BCUT2D eigenvalue weighted by molar-refractivity contribution is 0.453. The van der Waals surface area contributed by atoms with E-state index in [1.54, 1.807) is 18.2 Å². The van der Waals surface area contributed by atoms with E-state index in [-0.39, 0.29) is 5.75 Å². The third kappa shape index (κ3) is 2.55. The van der Waals surface area contributed by atoms with E-state index in [0.717, 1.165) is 5.69 Å². The Morgan fingerprint density at radius 1 is 1.20 bits per heavy atom. The Morgan fingerprint density at radius 3 is 2.67 bits per heavy atom. The molecule has 0 heterocycles. The minimum atomic E-state index is 0.287. The fourth-order valence-electron chi connectivity index (χ4n) is 2.14. The van der Waals surface area contributed by atoms with Crippen LogP contribution in [0.25, 0.3) is 0 Å². The second-order valence-corrected chi connectivity index (χ2v) is 4.26. The summed E-state index contributed by atoms with van der Waals surface area (Å²) in [6.07, 6.45) is 6.27. The van der Waals surface area contributed by atoms with Gasteiger partial charge in [0.1, 0.15) is 5.75 Å². The first-order valence-corrected chi connectivity index (χ1v) is 5.61. The molecule has 1 aliphatic carbocycles. The number of nitrogens with two attached hydrogens (primary N) is 1. The van der Waals surface area contributed by atoms with Crippen LogP contribution < -0.4 is 11.1 Å². The lowest BCUT2D eigenvalue weighted by atomic mass is 9.95. The summed E-state index contributed by atoms with van der Waals surface area (Å²) in [5.41, 5.74) is 7.13.